The fraction of sp³-hybridized carbons (Fsp3) is 0.833. The Hall–Kier alpha value is -0.940. The first-order valence-electron chi connectivity index (χ1n) is 6.55. The predicted octanol–water partition coefficient (Wildman–Crippen LogP) is 1.17. The molecule has 2 rings (SSSR count). The van der Waals surface area contributed by atoms with E-state index in [1.54, 1.807) is 6.33 Å². The second-order valence-electron chi connectivity index (χ2n) is 5.06. The first kappa shape index (κ1) is 12.5. The summed E-state index contributed by atoms with van der Waals surface area (Å²) in [6.45, 7) is 7.02. The van der Waals surface area contributed by atoms with Crippen molar-refractivity contribution >= 4 is 0 Å². The number of rotatable bonds is 7. The van der Waals surface area contributed by atoms with Crippen LogP contribution in [0.4, 0.5) is 0 Å². The number of hydrogen-bond acceptors (Lipinski definition) is 4. The van der Waals surface area contributed by atoms with Crippen LogP contribution < -0.4 is 5.73 Å². The molecule has 0 spiro atoms. The van der Waals surface area contributed by atoms with Crippen LogP contribution in [0.1, 0.15) is 45.0 Å². The SMILES string of the molecule is CC(C)n1ncnc1CN(CCCN)C1CC1. The van der Waals surface area contributed by atoms with Crippen LogP contribution in [-0.4, -0.2) is 38.8 Å². The van der Waals surface area contributed by atoms with E-state index >= 15 is 0 Å². The molecule has 0 aliphatic heterocycles. The fourth-order valence-electron chi connectivity index (χ4n) is 2.12. The van der Waals surface area contributed by atoms with Crippen molar-refractivity contribution in [2.75, 3.05) is 13.1 Å². The first-order valence-corrected chi connectivity index (χ1v) is 6.55. The third-order valence-electron chi connectivity index (χ3n) is 3.19. The highest BCUT2D eigenvalue weighted by Gasteiger charge is 2.29. The van der Waals surface area contributed by atoms with Crippen molar-refractivity contribution in [2.24, 2.45) is 5.73 Å². The van der Waals surface area contributed by atoms with Gasteiger partial charge in [-0.3, -0.25) is 4.90 Å². The topological polar surface area (TPSA) is 60.0 Å². The average molecular weight is 237 g/mol. The summed E-state index contributed by atoms with van der Waals surface area (Å²) in [6.07, 6.45) is 5.36. The van der Waals surface area contributed by atoms with Crippen LogP contribution in [0, 0.1) is 0 Å². The van der Waals surface area contributed by atoms with Crippen molar-refractivity contribution in [1.29, 1.82) is 0 Å². The van der Waals surface area contributed by atoms with E-state index in [2.05, 4.69) is 28.8 Å². The minimum absolute atomic E-state index is 0.378. The maximum absolute atomic E-state index is 5.59. The van der Waals surface area contributed by atoms with Crippen LogP contribution in [0.15, 0.2) is 6.33 Å². The summed E-state index contributed by atoms with van der Waals surface area (Å²) < 4.78 is 2.01. The summed E-state index contributed by atoms with van der Waals surface area (Å²) in [6, 6.07) is 1.13. The zero-order valence-corrected chi connectivity index (χ0v) is 10.8. The van der Waals surface area contributed by atoms with Gasteiger partial charge in [0.25, 0.3) is 0 Å². The van der Waals surface area contributed by atoms with Crippen molar-refractivity contribution in [3.05, 3.63) is 12.2 Å². The van der Waals surface area contributed by atoms with E-state index in [1.807, 2.05) is 4.68 Å². The molecule has 96 valence electrons. The Bertz CT molecular complexity index is 342. The molecule has 0 atom stereocenters. The molecule has 17 heavy (non-hydrogen) atoms. The van der Waals surface area contributed by atoms with Gasteiger partial charge in [-0.25, -0.2) is 9.67 Å². The quantitative estimate of drug-likeness (QED) is 0.773. The molecule has 1 aliphatic rings. The number of nitrogens with two attached hydrogens (primary N) is 1. The molecule has 0 bridgehead atoms. The van der Waals surface area contributed by atoms with Gasteiger partial charge in [0.2, 0.25) is 0 Å². The summed E-state index contributed by atoms with van der Waals surface area (Å²) in [4.78, 5) is 6.87. The third kappa shape index (κ3) is 3.26. The highest BCUT2D eigenvalue weighted by atomic mass is 15.4. The molecule has 0 aromatic carbocycles. The molecular formula is C12H23N5. The molecule has 1 aromatic heterocycles. The van der Waals surface area contributed by atoms with E-state index in [0.717, 1.165) is 37.9 Å². The average Bonchev–Trinajstić information content (AvgIpc) is 3.03. The van der Waals surface area contributed by atoms with E-state index in [4.69, 9.17) is 5.73 Å². The maximum atomic E-state index is 5.59. The molecule has 5 heteroatoms. The lowest BCUT2D eigenvalue weighted by atomic mass is 10.3. The van der Waals surface area contributed by atoms with Crippen LogP contribution in [0.2, 0.25) is 0 Å². The molecule has 2 N–H and O–H groups in total. The van der Waals surface area contributed by atoms with Crippen LogP contribution in [-0.2, 0) is 6.54 Å². The van der Waals surface area contributed by atoms with Gasteiger partial charge in [-0.1, -0.05) is 0 Å². The minimum Gasteiger partial charge on any atom is -0.330 e. The highest BCUT2D eigenvalue weighted by molar-refractivity contribution is 4.92. The van der Waals surface area contributed by atoms with Crippen LogP contribution in [0.25, 0.3) is 0 Å². The minimum atomic E-state index is 0.378. The van der Waals surface area contributed by atoms with E-state index in [0.29, 0.717) is 6.04 Å². The standard InChI is InChI=1S/C12H23N5/c1-10(2)17-12(14-9-15-17)8-16(7-3-6-13)11-4-5-11/h9-11H,3-8,13H2,1-2H3. The molecular weight excluding hydrogens is 214 g/mol. The highest BCUT2D eigenvalue weighted by Crippen LogP contribution is 2.28. The zero-order chi connectivity index (χ0) is 12.3. The Kier molecular flexibility index (Phi) is 4.12. The van der Waals surface area contributed by atoms with E-state index < -0.39 is 0 Å². The second kappa shape index (κ2) is 5.60. The van der Waals surface area contributed by atoms with Gasteiger partial charge < -0.3 is 5.73 Å². The number of aromatic nitrogens is 3. The molecule has 1 heterocycles. The van der Waals surface area contributed by atoms with Crippen LogP contribution >= 0.6 is 0 Å². The van der Waals surface area contributed by atoms with Crippen LogP contribution in [0.3, 0.4) is 0 Å². The van der Waals surface area contributed by atoms with Crippen molar-refractivity contribution in [1.82, 2.24) is 19.7 Å². The van der Waals surface area contributed by atoms with Gasteiger partial charge in [0, 0.05) is 18.6 Å². The normalized spacial score (nSPS) is 16.1. The lowest BCUT2D eigenvalue weighted by Crippen LogP contribution is -2.30. The Labute approximate surface area is 103 Å². The van der Waals surface area contributed by atoms with Gasteiger partial charge in [-0.2, -0.15) is 5.10 Å². The van der Waals surface area contributed by atoms with E-state index in [9.17, 15) is 0 Å². The van der Waals surface area contributed by atoms with Gasteiger partial charge >= 0.3 is 0 Å². The molecule has 5 nitrogen and oxygen atoms in total. The van der Waals surface area contributed by atoms with Gasteiger partial charge in [0.05, 0.1) is 6.54 Å². The fourth-order valence-corrected chi connectivity index (χ4v) is 2.12. The molecule has 1 saturated carbocycles. The number of nitrogens with zero attached hydrogens (tertiary/aromatic N) is 4. The van der Waals surface area contributed by atoms with E-state index in [1.165, 1.54) is 12.8 Å². The molecule has 0 saturated heterocycles. The second-order valence-corrected chi connectivity index (χ2v) is 5.06. The number of hydrogen-bond donors (Lipinski definition) is 1. The Balaban J connectivity index is 1.98. The molecule has 0 unspecified atom stereocenters. The van der Waals surface area contributed by atoms with Crippen molar-refractivity contribution in [3.63, 3.8) is 0 Å². The van der Waals surface area contributed by atoms with Gasteiger partial charge in [0.15, 0.2) is 0 Å². The lowest BCUT2D eigenvalue weighted by molar-refractivity contribution is 0.239. The molecule has 1 fully saturated rings. The predicted molar refractivity (Wildman–Crippen MR) is 67.5 cm³/mol. The van der Waals surface area contributed by atoms with Gasteiger partial charge in [-0.05, 0) is 39.7 Å². The molecule has 0 radical (unpaired) electrons. The maximum Gasteiger partial charge on any atom is 0.141 e. The largest absolute Gasteiger partial charge is 0.330 e. The zero-order valence-electron chi connectivity index (χ0n) is 10.8. The molecule has 1 aromatic rings. The lowest BCUT2D eigenvalue weighted by Gasteiger charge is -2.22. The van der Waals surface area contributed by atoms with E-state index in [-0.39, 0.29) is 0 Å². The van der Waals surface area contributed by atoms with Crippen molar-refractivity contribution in [2.45, 2.75) is 51.7 Å². The summed E-state index contributed by atoms with van der Waals surface area (Å²) >= 11 is 0. The molecule has 0 amide bonds. The summed E-state index contributed by atoms with van der Waals surface area (Å²) in [5.41, 5.74) is 5.59. The summed E-state index contributed by atoms with van der Waals surface area (Å²) in [5.74, 6) is 1.07. The van der Waals surface area contributed by atoms with Gasteiger partial charge in [-0.15, -0.1) is 0 Å². The Morgan fingerprint density at radius 1 is 1.53 bits per heavy atom. The third-order valence-corrected chi connectivity index (χ3v) is 3.19. The van der Waals surface area contributed by atoms with Crippen molar-refractivity contribution < 1.29 is 0 Å². The smallest absolute Gasteiger partial charge is 0.141 e. The van der Waals surface area contributed by atoms with Crippen molar-refractivity contribution in [3.8, 4) is 0 Å². The Morgan fingerprint density at radius 2 is 2.29 bits per heavy atom. The van der Waals surface area contributed by atoms with Crippen LogP contribution in [0.5, 0.6) is 0 Å². The Morgan fingerprint density at radius 3 is 2.88 bits per heavy atom. The van der Waals surface area contributed by atoms with Gasteiger partial charge in [0.1, 0.15) is 12.2 Å². The molecule has 1 aliphatic carbocycles. The monoisotopic (exact) mass is 237 g/mol. The first-order chi connectivity index (χ1) is 8.22. The summed E-state index contributed by atoms with van der Waals surface area (Å²) in [5, 5.41) is 4.28. The summed E-state index contributed by atoms with van der Waals surface area (Å²) in [7, 11) is 0.